The normalized spacial score (nSPS) is 19.9. The van der Waals surface area contributed by atoms with Gasteiger partial charge in [0.05, 0.1) is 29.6 Å². The van der Waals surface area contributed by atoms with E-state index in [9.17, 15) is 32.8 Å². The molecule has 0 spiro atoms. The van der Waals surface area contributed by atoms with E-state index < -0.39 is 46.7 Å². The number of hydrogen-bond donors (Lipinski definition) is 1. The van der Waals surface area contributed by atoms with E-state index >= 15 is 0 Å². The number of benzene rings is 1. The highest BCUT2D eigenvalue weighted by Crippen LogP contribution is 2.41. The fraction of sp³-hybridized carbons (Fsp3) is 0.545. The number of ether oxygens (including phenoxy) is 1. The van der Waals surface area contributed by atoms with Crippen molar-refractivity contribution in [2.45, 2.75) is 82.3 Å². The summed E-state index contributed by atoms with van der Waals surface area (Å²) < 4.78 is 47.1. The molecule has 2 aromatic rings. The Morgan fingerprint density at radius 3 is 2.51 bits per heavy atom. The number of piperidine rings is 2. The quantitative estimate of drug-likeness (QED) is 0.310. The van der Waals surface area contributed by atoms with Crippen molar-refractivity contribution >= 4 is 17.8 Å². The molecule has 1 aromatic heterocycles. The average Bonchev–Trinajstić information content (AvgIpc) is 3.04. The first-order valence-corrected chi connectivity index (χ1v) is 15.5. The van der Waals surface area contributed by atoms with Crippen molar-refractivity contribution < 1.29 is 37.4 Å². The van der Waals surface area contributed by atoms with Crippen LogP contribution in [0.5, 0.6) is 5.75 Å². The first-order valence-electron chi connectivity index (χ1n) is 15.5. The van der Waals surface area contributed by atoms with Crippen LogP contribution in [0.4, 0.5) is 13.2 Å². The predicted octanol–water partition coefficient (Wildman–Crippen LogP) is 5.84. The predicted molar refractivity (Wildman–Crippen MR) is 158 cm³/mol. The molecule has 242 valence electrons. The molecule has 4 rings (SSSR count). The van der Waals surface area contributed by atoms with E-state index in [2.05, 4.69) is 11.1 Å². The van der Waals surface area contributed by atoms with E-state index in [4.69, 9.17) is 9.84 Å². The zero-order valence-electron chi connectivity index (χ0n) is 25.4. The number of halogens is 3. The number of hydrogen-bond acceptors (Lipinski definition) is 6. The van der Waals surface area contributed by atoms with Crippen molar-refractivity contribution in [1.82, 2.24) is 14.8 Å². The van der Waals surface area contributed by atoms with Crippen LogP contribution in [-0.2, 0) is 21.2 Å². The van der Waals surface area contributed by atoms with Gasteiger partial charge in [-0.3, -0.25) is 19.4 Å². The third-order valence-corrected chi connectivity index (χ3v) is 8.84. The Bertz CT molecular complexity index is 1400. The summed E-state index contributed by atoms with van der Waals surface area (Å²) >= 11 is 0. The van der Waals surface area contributed by atoms with Crippen LogP contribution in [0.15, 0.2) is 42.6 Å². The van der Waals surface area contributed by atoms with Crippen LogP contribution in [0.3, 0.4) is 0 Å². The molecule has 2 aliphatic heterocycles. The van der Waals surface area contributed by atoms with E-state index in [-0.39, 0.29) is 18.9 Å². The highest BCUT2D eigenvalue weighted by atomic mass is 19.4. The van der Waals surface area contributed by atoms with E-state index in [0.717, 1.165) is 17.7 Å². The molecule has 45 heavy (non-hydrogen) atoms. The molecule has 0 saturated carbocycles. The molecule has 0 radical (unpaired) electrons. The highest BCUT2D eigenvalue weighted by Gasteiger charge is 2.45. The van der Waals surface area contributed by atoms with Crippen molar-refractivity contribution in [2.24, 2.45) is 5.92 Å². The number of aromatic nitrogens is 1. The Morgan fingerprint density at radius 1 is 1.11 bits per heavy atom. The zero-order chi connectivity index (χ0) is 32.6. The zero-order valence-corrected chi connectivity index (χ0v) is 25.4. The summed E-state index contributed by atoms with van der Waals surface area (Å²) in [4.78, 5) is 45.2. The second-order valence-corrected chi connectivity index (χ2v) is 11.7. The van der Waals surface area contributed by atoms with Gasteiger partial charge in [-0.2, -0.15) is 18.4 Å². The van der Waals surface area contributed by atoms with Gasteiger partial charge >= 0.3 is 12.1 Å². The number of nitrogens with zero attached hydrogens (tertiary/aromatic N) is 4. The number of aliphatic carboxylic acids is 1. The number of carboxylic acid groups (broad SMARTS) is 1. The number of carboxylic acids is 1. The minimum Gasteiger partial charge on any atom is -0.493 e. The Morgan fingerprint density at radius 2 is 1.84 bits per heavy atom. The molecular weight excluding hydrogens is 589 g/mol. The molecule has 2 saturated heterocycles. The van der Waals surface area contributed by atoms with E-state index in [1.807, 2.05) is 25.1 Å². The molecule has 0 aliphatic carbocycles. The van der Waals surface area contributed by atoms with Crippen LogP contribution >= 0.6 is 0 Å². The van der Waals surface area contributed by atoms with E-state index in [1.54, 1.807) is 11.0 Å². The van der Waals surface area contributed by atoms with Gasteiger partial charge in [0.1, 0.15) is 11.4 Å². The molecule has 9 nitrogen and oxygen atoms in total. The summed E-state index contributed by atoms with van der Waals surface area (Å²) in [6, 6.07) is 11.2. The maximum atomic E-state index is 14.0. The van der Waals surface area contributed by atoms with Crippen LogP contribution in [0.1, 0.15) is 86.3 Å². The van der Waals surface area contributed by atoms with Crippen molar-refractivity contribution in [3.8, 4) is 11.8 Å². The summed E-state index contributed by atoms with van der Waals surface area (Å²) in [7, 11) is 0. The van der Waals surface area contributed by atoms with Gasteiger partial charge in [0.2, 0.25) is 5.91 Å². The number of likely N-dealkylation sites (tertiary alicyclic amines) is 2. The molecule has 2 atom stereocenters. The summed E-state index contributed by atoms with van der Waals surface area (Å²) in [5, 5.41) is 19.2. The average molecular weight is 629 g/mol. The minimum atomic E-state index is -4.74. The Labute approximate surface area is 261 Å². The highest BCUT2D eigenvalue weighted by molar-refractivity contribution is 5.95. The molecule has 1 N–H and O–H groups in total. The molecule has 3 heterocycles. The van der Waals surface area contributed by atoms with Crippen molar-refractivity contribution in [2.75, 3.05) is 26.2 Å². The van der Waals surface area contributed by atoms with Gasteiger partial charge in [-0.25, -0.2) is 0 Å². The summed E-state index contributed by atoms with van der Waals surface area (Å²) in [5.74, 6) is -1.85. The lowest BCUT2D eigenvalue weighted by atomic mass is 9.73. The van der Waals surface area contributed by atoms with Crippen LogP contribution < -0.4 is 4.74 Å². The van der Waals surface area contributed by atoms with Crippen molar-refractivity contribution in [1.29, 1.82) is 5.26 Å². The number of alkyl halides is 3. The number of unbranched alkanes of at least 4 members (excludes halogenated alkanes) is 1. The monoisotopic (exact) mass is 628 g/mol. The van der Waals surface area contributed by atoms with Crippen LogP contribution in [0, 0.1) is 17.2 Å². The van der Waals surface area contributed by atoms with Crippen LogP contribution in [0.2, 0.25) is 0 Å². The van der Waals surface area contributed by atoms with Gasteiger partial charge in [0.25, 0.3) is 5.91 Å². The molecule has 2 unspecified atom stereocenters. The minimum absolute atomic E-state index is 0.0563. The molecular formula is C33H39F3N4O5. The van der Waals surface area contributed by atoms with Gasteiger partial charge in [-0.15, -0.1) is 0 Å². The largest absolute Gasteiger partial charge is 0.493 e. The van der Waals surface area contributed by atoms with E-state index in [1.165, 1.54) is 11.1 Å². The maximum Gasteiger partial charge on any atom is 0.418 e. The smallest absolute Gasteiger partial charge is 0.418 e. The lowest BCUT2D eigenvalue weighted by molar-refractivity contribution is -0.141. The lowest BCUT2D eigenvalue weighted by Crippen LogP contribution is -2.55. The Kier molecular flexibility index (Phi) is 11.1. The molecule has 2 fully saturated rings. The molecule has 2 amide bonds. The summed E-state index contributed by atoms with van der Waals surface area (Å²) in [6.45, 7) is 3.08. The number of rotatable bonds is 11. The van der Waals surface area contributed by atoms with Gasteiger partial charge in [0.15, 0.2) is 0 Å². The SMILES string of the molecule is CCCC1C(C(=O)N2CCC(C#N)(c3ccccc3OCCCCC(=O)O)CC2)CCCN1C(=O)c1ncccc1C(F)(F)F. The van der Waals surface area contributed by atoms with Crippen LogP contribution in [-0.4, -0.2) is 70.0 Å². The molecule has 0 bridgehead atoms. The number of carbonyl (C=O) groups excluding carboxylic acids is 2. The van der Waals surface area contributed by atoms with Crippen molar-refractivity contribution in [3.63, 3.8) is 0 Å². The standard InChI is InChI=1S/C33H39F3N4O5/c1-2-9-26-23(10-8-18-40(26)31(44)29-25(33(34,35)36)12-7-17-38-29)30(43)39-19-15-32(22-37,16-20-39)24-11-3-4-13-27(24)45-21-6-5-14-28(41)42/h3-4,7,11-13,17,23,26H,2,5-6,8-10,14-16,18-21H2,1H3,(H,41,42). The van der Waals surface area contributed by atoms with Gasteiger partial charge < -0.3 is 19.6 Å². The van der Waals surface area contributed by atoms with Crippen molar-refractivity contribution in [3.05, 3.63) is 59.4 Å². The fourth-order valence-corrected chi connectivity index (χ4v) is 6.52. The topological polar surface area (TPSA) is 124 Å². The van der Waals surface area contributed by atoms with Gasteiger partial charge in [-0.05, 0) is 63.1 Å². The summed E-state index contributed by atoms with van der Waals surface area (Å²) in [6.07, 6.45) is 0.339. The Balaban J connectivity index is 1.48. The van der Waals surface area contributed by atoms with E-state index in [0.29, 0.717) is 76.8 Å². The number of carbonyl (C=O) groups is 3. The third-order valence-electron chi connectivity index (χ3n) is 8.84. The molecule has 1 aromatic carbocycles. The Hall–Kier alpha value is -4.14. The molecule has 12 heteroatoms. The lowest BCUT2D eigenvalue weighted by Gasteiger charge is -2.44. The van der Waals surface area contributed by atoms with Gasteiger partial charge in [0, 0.05) is 43.9 Å². The number of pyridine rings is 1. The second kappa shape index (κ2) is 14.8. The number of para-hydroxylation sites is 1. The third kappa shape index (κ3) is 7.75. The number of amides is 2. The van der Waals surface area contributed by atoms with Crippen LogP contribution in [0.25, 0.3) is 0 Å². The number of nitriles is 1. The van der Waals surface area contributed by atoms with Gasteiger partial charge in [-0.1, -0.05) is 31.5 Å². The first-order chi connectivity index (χ1) is 21.5. The summed E-state index contributed by atoms with van der Waals surface area (Å²) in [5.41, 5.74) is -1.91. The molecule has 2 aliphatic rings. The maximum absolute atomic E-state index is 14.0. The second-order valence-electron chi connectivity index (χ2n) is 11.7. The fourth-order valence-electron chi connectivity index (χ4n) is 6.52. The first kappa shape index (κ1) is 33.7.